The molecule has 1 aromatic rings. The molecule has 1 saturated heterocycles. The molecule has 0 bridgehead atoms. The van der Waals surface area contributed by atoms with Crippen LogP contribution in [0.25, 0.3) is 0 Å². The summed E-state index contributed by atoms with van der Waals surface area (Å²) < 4.78 is 1.94. The van der Waals surface area contributed by atoms with Gasteiger partial charge in [0.15, 0.2) is 0 Å². The summed E-state index contributed by atoms with van der Waals surface area (Å²) in [5.41, 5.74) is 0. The van der Waals surface area contributed by atoms with Crippen LogP contribution in [0.1, 0.15) is 38.1 Å². The zero-order valence-corrected chi connectivity index (χ0v) is 13.0. The van der Waals surface area contributed by atoms with Gasteiger partial charge in [0.25, 0.3) is 0 Å². The van der Waals surface area contributed by atoms with Crippen molar-refractivity contribution in [3.05, 3.63) is 18.2 Å². The topological polar surface area (TPSA) is 58.4 Å². The van der Waals surface area contributed by atoms with E-state index in [1.165, 1.54) is 0 Å². The number of imidazole rings is 1. The van der Waals surface area contributed by atoms with E-state index < -0.39 is 6.23 Å². The predicted octanol–water partition coefficient (Wildman–Crippen LogP) is 1.82. The van der Waals surface area contributed by atoms with Gasteiger partial charge in [0.05, 0.1) is 0 Å². The van der Waals surface area contributed by atoms with Crippen molar-refractivity contribution in [3.63, 3.8) is 0 Å². The largest absolute Gasteiger partial charge is 0.373 e. The number of aliphatic hydroxyl groups excluding tert-OH is 1. The van der Waals surface area contributed by atoms with E-state index in [0.717, 1.165) is 30.8 Å². The predicted molar refractivity (Wildman–Crippen MR) is 80.6 cm³/mol. The summed E-state index contributed by atoms with van der Waals surface area (Å²) in [4.78, 5) is 18.6. The Morgan fingerprint density at radius 3 is 3.05 bits per heavy atom. The molecule has 1 aromatic heterocycles. The number of amides is 1. The van der Waals surface area contributed by atoms with Crippen LogP contribution in [0.2, 0.25) is 0 Å². The van der Waals surface area contributed by atoms with Gasteiger partial charge in [-0.25, -0.2) is 4.98 Å². The van der Waals surface area contributed by atoms with Gasteiger partial charge in [0, 0.05) is 30.4 Å². The number of thioether (sulfide) groups is 1. The molecule has 1 fully saturated rings. The van der Waals surface area contributed by atoms with Gasteiger partial charge in [-0.05, 0) is 13.3 Å². The number of unbranched alkanes of at least 4 members (excludes halogenated alkanes) is 1. The monoisotopic (exact) mass is 297 g/mol. The van der Waals surface area contributed by atoms with E-state index in [1.807, 2.05) is 17.7 Å². The van der Waals surface area contributed by atoms with E-state index in [9.17, 15) is 9.90 Å². The van der Waals surface area contributed by atoms with Crippen molar-refractivity contribution >= 4 is 17.7 Å². The van der Waals surface area contributed by atoms with Crippen LogP contribution in [-0.2, 0) is 4.79 Å². The summed E-state index contributed by atoms with van der Waals surface area (Å²) in [7, 11) is 0. The molecule has 0 aromatic carbocycles. The maximum atomic E-state index is 12.8. The molecular formula is C14H23N3O2S. The Kier molecular flexibility index (Phi) is 5.48. The molecule has 0 spiro atoms. The Morgan fingerprint density at radius 1 is 1.65 bits per heavy atom. The number of carbonyl (C=O) groups excluding carboxylic acids is 1. The molecule has 1 N–H and O–H groups in total. The zero-order valence-electron chi connectivity index (χ0n) is 12.2. The Hall–Kier alpha value is -1.01. The molecule has 2 heterocycles. The maximum absolute atomic E-state index is 12.8. The van der Waals surface area contributed by atoms with Crippen LogP contribution in [0.5, 0.6) is 0 Å². The number of rotatable bonds is 5. The highest BCUT2D eigenvalue weighted by Gasteiger charge is 2.31. The van der Waals surface area contributed by atoms with E-state index in [4.69, 9.17) is 0 Å². The van der Waals surface area contributed by atoms with Gasteiger partial charge in [0.1, 0.15) is 18.1 Å². The third kappa shape index (κ3) is 3.35. The molecular weight excluding hydrogens is 274 g/mol. The fourth-order valence-corrected chi connectivity index (χ4v) is 3.42. The molecule has 1 aliphatic heterocycles. The van der Waals surface area contributed by atoms with Crippen LogP contribution in [0.3, 0.4) is 0 Å². The van der Waals surface area contributed by atoms with Gasteiger partial charge in [-0.2, -0.15) is 11.8 Å². The molecule has 2 rings (SSSR count). The van der Waals surface area contributed by atoms with E-state index in [1.54, 1.807) is 22.9 Å². The van der Waals surface area contributed by atoms with E-state index >= 15 is 0 Å². The SMILES string of the molecule is CCCCC(C(=O)N1CCSCC1O)n1ccnc1C. The van der Waals surface area contributed by atoms with E-state index in [-0.39, 0.29) is 11.9 Å². The average molecular weight is 297 g/mol. The molecule has 5 nitrogen and oxygen atoms in total. The van der Waals surface area contributed by atoms with Crippen LogP contribution in [-0.4, -0.2) is 49.7 Å². The van der Waals surface area contributed by atoms with Crippen molar-refractivity contribution in [2.75, 3.05) is 18.1 Å². The fraction of sp³-hybridized carbons (Fsp3) is 0.714. The van der Waals surface area contributed by atoms with Crippen LogP contribution in [0.15, 0.2) is 12.4 Å². The number of aromatic nitrogens is 2. The molecule has 1 aliphatic rings. The lowest BCUT2D eigenvalue weighted by molar-refractivity contribution is -0.143. The highest BCUT2D eigenvalue weighted by atomic mass is 32.2. The molecule has 0 radical (unpaired) electrons. The number of carbonyl (C=O) groups is 1. The normalized spacial score (nSPS) is 20.9. The van der Waals surface area contributed by atoms with Crippen LogP contribution in [0.4, 0.5) is 0 Å². The van der Waals surface area contributed by atoms with Gasteiger partial charge < -0.3 is 14.6 Å². The zero-order chi connectivity index (χ0) is 14.5. The first-order valence-electron chi connectivity index (χ1n) is 7.21. The molecule has 2 unspecified atom stereocenters. The van der Waals surface area contributed by atoms with Gasteiger partial charge in [-0.15, -0.1) is 0 Å². The first-order chi connectivity index (χ1) is 9.65. The van der Waals surface area contributed by atoms with Crippen molar-refractivity contribution in [2.45, 2.75) is 45.4 Å². The molecule has 6 heteroatoms. The standard InChI is InChI=1S/C14H23N3O2S/c1-3-4-5-12(16-7-6-15-11(16)2)14(19)17-8-9-20-10-13(17)18/h6-7,12-13,18H,3-5,8-10H2,1-2H3. The third-order valence-electron chi connectivity index (χ3n) is 3.70. The highest BCUT2D eigenvalue weighted by molar-refractivity contribution is 7.99. The van der Waals surface area contributed by atoms with Gasteiger partial charge in [0.2, 0.25) is 5.91 Å². The Balaban J connectivity index is 2.17. The lowest BCUT2D eigenvalue weighted by Gasteiger charge is -2.35. The lowest BCUT2D eigenvalue weighted by Crippen LogP contribution is -2.48. The molecule has 20 heavy (non-hydrogen) atoms. The van der Waals surface area contributed by atoms with Crippen LogP contribution < -0.4 is 0 Å². The van der Waals surface area contributed by atoms with Gasteiger partial charge in [-0.1, -0.05) is 19.8 Å². The van der Waals surface area contributed by atoms with Gasteiger partial charge >= 0.3 is 0 Å². The highest BCUT2D eigenvalue weighted by Crippen LogP contribution is 2.24. The number of hydrogen-bond acceptors (Lipinski definition) is 4. The molecule has 1 amide bonds. The van der Waals surface area contributed by atoms with Crippen molar-refractivity contribution in [1.29, 1.82) is 0 Å². The Morgan fingerprint density at radius 2 is 2.45 bits per heavy atom. The number of aryl methyl sites for hydroxylation is 1. The molecule has 112 valence electrons. The Labute approximate surface area is 124 Å². The summed E-state index contributed by atoms with van der Waals surface area (Å²) in [5, 5.41) is 10.0. The summed E-state index contributed by atoms with van der Waals surface area (Å²) in [6.45, 7) is 4.66. The number of aliphatic hydroxyl groups is 1. The lowest BCUT2D eigenvalue weighted by atomic mass is 10.1. The molecule has 0 aliphatic carbocycles. The smallest absolute Gasteiger partial charge is 0.247 e. The van der Waals surface area contributed by atoms with Crippen molar-refractivity contribution in [2.24, 2.45) is 0 Å². The van der Waals surface area contributed by atoms with E-state index in [0.29, 0.717) is 12.3 Å². The Bertz CT molecular complexity index is 449. The summed E-state index contributed by atoms with van der Waals surface area (Å²) in [5.74, 6) is 2.37. The van der Waals surface area contributed by atoms with Crippen LogP contribution >= 0.6 is 11.8 Å². The van der Waals surface area contributed by atoms with Gasteiger partial charge in [-0.3, -0.25) is 4.79 Å². The second-order valence-electron chi connectivity index (χ2n) is 5.13. The molecule has 2 atom stereocenters. The first-order valence-corrected chi connectivity index (χ1v) is 8.36. The first kappa shape index (κ1) is 15.4. The van der Waals surface area contributed by atoms with Crippen LogP contribution in [0, 0.1) is 6.92 Å². The second-order valence-corrected chi connectivity index (χ2v) is 6.28. The summed E-state index contributed by atoms with van der Waals surface area (Å²) in [6, 6.07) is -0.241. The quantitative estimate of drug-likeness (QED) is 0.900. The van der Waals surface area contributed by atoms with Crippen molar-refractivity contribution < 1.29 is 9.90 Å². The maximum Gasteiger partial charge on any atom is 0.247 e. The minimum atomic E-state index is -0.658. The second kappa shape index (κ2) is 7.13. The van der Waals surface area contributed by atoms with E-state index in [2.05, 4.69) is 11.9 Å². The summed E-state index contributed by atoms with van der Waals surface area (Å²) >= 11 is 1.69. The average Bonchev–Trinajstić information content (AvgIpc) is 2.86. The van der Waals surface area contributed by atoms with Crippen molar-refractivity contribution in [3.8, 4) is 0 Å². The molecule has 0 saturated carbocycles. The van der Waals surface area contributed by atoms with Crippen molar-refractivity contribution in [1.82, 2.24) is 14.5 Å². The fourth-order valence-electron chi connectivity index (χ4n) is 2.54. The third-order valence-corrected chi connectivity index (χ3v) is 4.71. The summed E-state index contributed by atoms with van der Waals surface area (Å²) in [6.07, 6.45) is 5.77. The number of nitrogens with zero attached hydrogens (tertiary/aromatic N) is 3. The number of hydrogen-bond donors (Lipinski definition) is 1. The minimum absolute atomic E-state index is 0.0207. The minimum Gasteiger partial charge on any atom is -0.373 e.